The number of aryl methyl sites for hydroxylation is 1. The first-order chi connectivity index (χ1) is 11.4. The maximum absolute atomic E-state index is 12.5. The molecule has 0 fully saturated rings. The van der Waals surface area contributed by atoms with Crippen molar-refractivity contribution < 1.29 is 17.9 Å². The molecule has 1 aliphatic rings. The number of halogens is 1. The Morgan fingerprint density at radius 1 is 1.33 bits per heavy atom. The van der Waals surface area contributed by atoms with Gasteiger partial charge in [0.2, 0.25) is 0 Å². The van der Waals surface area contributed by atoms with Crippen LogP contribution in [0.2, 0.25) is 5.02 Å². The number of fused-ring (bicyclic) bond motifs is 1. The average Bonchev–Trinajstić information content (AvgIpc) is 2.89. The normalized spacial score (nSPS) is 14.5. The van der Waals surface area contributed by atoms with Crippen LogP contribution in [0.5, 0.6) is 5.75 Å². The maximum Gasteiger partial charge on any atom is 0.267 e. The summed E-state index contributed by atoms with van der Waals surface area (Å²) in [5.74, 6) is 0.174. The minimum atomic E-state index is -3.83. The monoisotopic (exact) mass is 369 g/mol. The van der Waals surface area contributed by atoms with Gasteiger partial charge >= 0.3 is 0 Å². The molecule has 24 heavy (non-hydrogen) atoms. The van der Waals surface area contributed by atoms with Crippen molar-refractivity contribution in [3.63, 3.8) is 0 Å². The molecule has 2 heterocycles. The zero-order chi connectivity index (χ0) is 17.3. The van der Waals surface area contributed by atoms with Crippen LogP contribution in [0.1, 0.15) is 16.9 Å². The average molecular weight is 370 g/mol. The van der Waals surface area contributed by atoms with Crippen LogP contribution < -0.4 is 14.8 Å². The minimum absolute atomic E-state index is 0.0292. The number of rotatable bonds is 4. The van der Waals surface area contributed by atoms with E-state index < -0.39 is 10.0 Å². The number of ether oxygens (including phenoxy) is 1. The predicted molar refractivity (Wildman–Crippen MR) is 90.2 cm³/mol. The lowest BCUT2D eigenvalue weighted by molar-refractivity contribution is 0.0951. The number of nitrogens with one attached hydrogen (secondary N) is 2. The molecule has 7 nitrogen and oxygen atoms in total. The number of hydrogen-bond donors (Lipinski definition) is 2. The third-order valence-corrected chi connectivity index (χ3v) is 5.32. The highest BCUT2D eigenvalue weighted by atomic mass is 35.5. The minimum Gasteiger partial charge on any atom is -0.495 e. The Balaban J connectivity index is 1.90. The third kappa shape index (κ3) is 3.20. The van der Waals surface area contributed by atoms with Crippen LogP contribution in [0.4, 0.5) is 5.69 Å². The van der Waals surface area contributed by atoms with E-state index in [9.17, 15) is 13.2 Å². The molecule has 9 heteroatoms. The Bertz CT molecular complexity index is 892. The molecule has 2 N–H and O–H groups in total. The van der Waals surface area contributed by atoms with Crippen LogP contribution in [0.15, 0.2) is 35.4 Å². The van der Waals surface area contributed by atoms with Gasteiger partial charge in [0.15, 0.2) is 0 Å². The largest absolute Gasteiger partial charge is 0.495 e. The summed E-state index contributed by atoms with van der Waals surface area (Å²) in [6.45, 7) is 1.16. The SMILES string of the molecule is COc1ccc(NS(=O)(=O)c2cc3n(c2)CCCNC3=O)cc1Cl. The molecule has 0 aliphatic carbocycles. The lowest BCUT2D eigenvalue weighted by Gasteiger charge is -2.09. The molecule has 0 radical (unpaired) electrons. The lowest BCUT2D eigenvalue weighted by Crippen LogP contribution is -2.22. The first-order valence-corrected chi connectivity index (χ1v) is 9.11. The van der Waals surface area contributed by atoms with Gasteiger partial charge in [-0.3, -0.25) is 9.52 Å². The van der Waals surface area contributed by atoms with Crippen molar-refractivity contribution in [1.82, 2.24) is 9.88 Å². The van der Waals surface area contributed by atoms with Crippen LogP contribution in [-0.2, 0) is 16.6 Å². The second-order valence-corrected chi connectivity index (χ2v) is 7.41. The summed E-state index contributed by atoms with van der Waals surface area (Å²) < 4.78 is 34.2. The second-order valence-electron chi connectivity index (χ2n) is 5.32. The van der Waals surface area contributed by atoms with Crippen molar-refractivity contribution in [3.8, 4) is 5.75 Å². The predicted octanol–water partition coefficient (Wildman–Crippen LogP) is 2.08. The number of benzene rings is 1. The smallest absolute Gasteiger partial charge is 0.267 e. The van der Waals surface area contributed by atoms with E-state index in [0.29, 0.717) is 35.2 Å². The van der Waals surface area contributed by atoms with Gasteiger partial charge in [-0.05, 0) is 30.7 Å². The van der Waals surface area contributed by atoms with E-state index in [4.69, 9.17) is 16.3 Å². The van der Waals surface area contributed by atoms with Crippen LogP contribution in [0.3, 0.4) is 0 Å². The maximum atomic E-state index is 12.5. The molecule has 0 unspecified atom stereocenters. The van der Waals surface area contributed by atoms with Crippen molar-refractivity contribution in [2.24, 2.45) is 0 Å². The number of nitrogens with zero attached hydrogens (tertiary/aromatic N) is 1. The topological polar surface area (TPSA) is 89.4 Å². The number of hydrogen-bond acceptors (Lipinski definition) is 4. The summed E-state index contributed by atoms with van der Waals surface area (Å²) in [4.78, 5) is 12.0. The fourth-order valence-corrected chi connectivity index (χ4v) is 3.84. The first kappa shape index (κ1) is 16.7. The Labute approximate surface area is 144 Å². The zero-order valence-electron chi connectivity index (χ0n) is 12.9. The quantitative estimate of drug-likeness (QED) is 0.863. The van der Waals surface area contributed by atoms with Crippen LogP contribution in [0.25, 0.3) is 0 Å². The molecule has 0 saturated heterocycles. The van der Waals surface area contributed by atoms with Gasteiger partial charge in [0.1, 0.15) is 16.3 Å². The number of carbonyl (C=O) groups is 1. The second kappa shape index (κ2) is 6.37. The van der Waals surface area contributed by atoms with Crippen molar-refractivity contribution >= 4 is 33.2 Å². The zero-order valence-corrected chi connectivity index (χ0v) is 14.4. The van der Waals surface area contributed by atoms with Gasteiger partial charge in [0, 0.05) is 19.3 Å². The number of amides is 1. The van der Waals surface area contributed by atoms with E-state index in [1.807, 2.05) is 0 Å². The Morgan fingerprint density at radius 3 is 2.83 bits per heavy atom. The number of sulfonamides is 1. The summed E-state index contributed by atoms with van der Waals surface area (Å²) in [5.41, 5.74) is 0.646. The van der Waals surface area contributed by atoms with Crippen LogP contribution in [0, 0.1) is 0 Å². The van der Waals surface area contributed by atoms with Crippen molar-refractivity contribution in [2.45, 2.75) is 17.9 Å². The highest BCUT2D eigenvalue weighted by molar-refractivity contribution is 7.92. The van der Waals surface area contributed by atoms with Gasteiger partial charge in [0.25, 0.3) is 15.9 Å². The van der Waals surface area contributed by atoms with Gasteiger partial charge in [-0.25, -0.2) is 8.42 Å². The van der Waals surface area contributed by atoms with E-state index in [-0.39, 0.29) is 10.8 Å². The van der Waals surface area contributed by atoms with Crippen LogP contribution >= 0.6 is 11.6 Å². The van der Waals surface area contributed by atoms with E-state index in [2.05, 4.69) is 10.0 Å². The van der Waals surface area contributed by atoms with Gasteiger partial charge in [-0.1, -0.05) is 11.6 Å². The lowest BCUT2D eigenvalue weighted by atomic mass is 10.3. The highest BCUT2D eigenvalue weighted by Crippen LogP contribution is 2.28. The summed E-state index contributed by atoms with van der Waals surface area (Å²) in [5, 5.41) is 3.03. The van der Waals surface area contributed by atoms with E-state index in [1.54, 1.807) is 16.7 Å². The Hall–Kier alpha value is -2.19. The molecule has 128 valence electrons. The van der Waals surface area contributed by atoms with Crippen molar-refractivity contribution in [2.75, 3.05) is 18.4 Å². The molecule has 1 amide bonds. The Morgan fingerprint density at radius 2 is 2.12 bits per heavy atom. The molecular formula is C15H16ClN3O4S. The number of methoxy groups -OCH3 is 1. The van der Waals surface area contributed by atoms with E-state index in [1.165, 1.54) is 25.4 Å². The summed E-state index contributed by atoms with van der Waals surface area (Å²) in [7, 11) is -2.35. The summed E-state index contributed by atoms with van der Waals surface area (Å²) in [6, 6.07) is 5.96. The molecule has 3 rings (SSSR count). The molecular weight excluding hydrogens is 354 g/mol. The molecule has 2 aromatic rings. The van der Waals surface area contributed by atoms with Crippen molar-refractivity contribution in [1.29, 1.82) is 0 Å². The third-order valence-electron chi connectivity index (χ3n) is 3.68. The number of carbonyl (C=O) groups excluding carboxylic acids is 1. The Kier molecular flexibility index (Phi) is 4.42. The fraction of sp³-hybridized carbons (Fsp3) is 0.267. The fourth-order valence-electron chi connectivity index (χ4n) is 2.49. The highest BCUT2D eigenvalue weighted by Gasteiger charge is 2.23. The standard InChI is InChI=1S/C15H16ClN3O4S/c1-23-14-4-3-10(7-12(14)16)18-24(21,22)11-8-13-15(20)17-5-2-6-19(13)9-11/h3-4,7-9,18H,2,5-6H2,1H3,(H,17,20). The number of anilines is 1. The molecule has 0 bridgehead atoms. The molecule has 1 aliphatic heterocycles. The molecule has 1 aromatic carbocycles. The van der Waals surface area contributed by atoms with Gasteiger partial charge in [-0.2, -0.15) is 0 Å². The molecule has 0 spiro atoms. The molecule has 1 aromatic heterocycles. The first-order valence-electron chi connectivity index (χ1n) is 7.25. The van der Waals surface area contributed by atoms with Crippen LogP contribution in [-0.4, -0.2) is 32.5 Å². The van der Waals surface area contributed by atoms with E-state index >= 15 is 0 Å². The van der Waals surface area contributed by atoms with Gasteiger partial charge in [-0.15, -0.1) is 0 Å². The number of aromatic nitrogens is 1. The van der Waals surface area contributed by atoms with Gasteiger partial charge < -0.3 is 14.6 Å². The molecule has 0 saturated carbocycles. The van der Waals surface area contributed by atoms with Crippen molar-refractivity contribution in [3.05, 3.63) is 41.2 Å². The van der Waals surface area contributed by atoms with E-state index in [0.717, 1.165) is 6.42 Å². The summed E-state index contributed by atoms with van der Waals surface area (Å²) in [6.07, 6.45) is 2.21. The summed E-state index contributed by atoms with van der Waals surface area (Å²) >= 11 is 6.01. The molecule has 0 atom stereocenters. The van der Waals surface area contributed by atoms with Gasteiger partial charge in [0.05, 0.1) is 17.8 Å².